The number of rotatable bonds is 7. The first kappa shape index (κ1) is 36.6. The first-order valence-electron chi connectivity index (χ1n) is 14.1. The van der Waals surface area contributed by atoms with E-state index in [0.29, 0.717) is 22.0 Å². The molecule has 1 N–H and O–H groups in total. The maximum Gasteiger partial charge on any atom is 0.338 e. The highest BCUT2D eigenvalue weighted by atomic mass is 35.5. The molecule has 3 aromatic rings. The van der Waals surface area contributed by atoms with E-state index in [1.54, 1.807) is 31.2 Å². The number of carbonyl (C=O) groups is 2. The maximum absolute atomic E-state index is 12.8. The number of esters is 2. The van der Waals surface area contributed by atoms with Gasteiger partial charge in [-0.25, -0.2) is 19.0 Å². The summed E-state index contributed by atoms with van der Waals surface area (Å²) in [5, 5.41) is 0.921. The summed E-state index contributed by atoms with van der Waals surface area (Å²) >= 11 is 11.7. The van der Waals surface area contributed by atoms with Crippen molar-refractivity contribution in [1.82, 2.24) is 9.55 Å². The number of nitrogens with zero attached hydrogens (tertiary/aromatic N) is 1. The van der Waals surface area contributed by atoms with Gasteiger partial charge < -0.3 is 19.2 Å². The smallest absolute Gasteiger partial charge is 0.338 e. The average Bonchev–Trinajstić information content (AvgIpc) is 3.41. The van der Waals surface area contributed by atoms with E-state index >= 15 is 0 Å². The molecule has 11 heteroatoms. The second kappa shape index (κ2) is 18.9. The zero-order valence-corrected chi connectivity index (χ0v) is 26.6. The lowest BCUT2D eigenvalue weighted by Gasteiger charge is -2.19. The Labute approximate surface area is 256 Å². The van der Waals surface area contributed by atoms with Crippen LogP contribution in [0.3, 0.4) is 0 Å². The Kier molecular flexibility index (Phi) is 16.5. The summed E-state index contributed by atoms with van der Waals surface area (Å²) in [5.74, 6) is -1.29. The Bertz CT molecular complexity index is 1370. The van der Waals surface area contributed by atoms with Crippen molar-refractivity contribution < 1.29 is 23.8 Å². The summed E-state index contributed by atoms with van der Waals surface area (Å²) in [6.45, 7) is 13.5. The van der Waals surface area contributed by atoms with Gasteiger partial charge in [0.1, 0.15) is 25.0 Å². The number of hydrogen-bond donors (Lipinski definition) is 1. The molecule has 0 aliphatic carbocycles. The van der Waals surface area contributed by atoms with Crippen LogP contribution in [-0.2, 0) is 20.6 Å². The van der Waals surface area contributed by atoms with Gasteiger partial charge in [-0.2, -0.15) is 0 Å². The molecule has 2 heterocycles. The number of halogens is 2. The zero-order chi connectivity index (χ0) is 31.8. The third-order valence-corrected chi connectivity index (χ3v) is 6.23. The highest BCUT2D eigenvalue weighted by molar-refractivity contribution is 6.31. The summed E-state index contributed by atoms with van der Waals surface area (Å²) < 4.78 is 17.9. The molecule has 1 aliphatic heterocycles. The molecule has 1 aliphatic rings. The Morgan fingerprint density at radius 2 is 1.38 bits per heavy atom. The molecular weight excluding hydrogens is 583 g/mol. The van der Waals surface area contributed by atoms with Crippen LogP contribution in [0.4, 0.5) is 0 Å². The van der Waals surface area contributed by atoms with Crippen LogP contribution in [0.25, 0.3) is 0 Å². The fourth-order valence-corrected chi connectivity index (χ4v) is 4.04. The van der Waals surface area contributed by atoms with E-state index in [9.17, 15) is 19.2 Å². The molecule has 1 fully saturated rings. The predicted octanol–water partition coefficient (Wildman–Crippen LogP) is 6.85. The molecule has 4 rings (SSSR count). The average molecular weight is 624 g/mol. The number of aromatic amines is 1. The highest BCUT2D eigenvalue weighted by Crippen LogP contribution is 2.30. The maximum atomic E-state index is 12.8. The summed E-state index contributed by atoms with van der Waals surface area (Å²) in [7, 11) is 0. The lowest BCUT2D eigenvalue weighted by Crippen LogP contribution is -2.39. The van der Waals surface area contributed by atoms with Crippen LogP contribution >= 0.6 is 23.2 Å². The van der Waals surface area contributed by atoms with Crippen LogP contribution in [0.5, 0.6) is 0 Å². The molecular formula is C31H40Cl2N2O7. The van der Waals surface area contributed by atoms with Gasteiger partial charge >= 0.3 is 17.6 Å². The SMILES string of the molecule is CC.CC.CC.CCc1c[nH]c(=O)n(C2CC(OC(=O)c3ccc(Cl)cc3)C(COC(=O)c3ccc(Cl)cc3)O2)c1=O. The number of ether oxygens (including phenoxy) is 3. The van der Waals surface area contributed by atoms with Gasteiger partial charge in [-0.15, -0.1) is 0 Å². The van der Waals surface area contributed by atoms with Crippen LogP contribution < -0.4 is 11.2 Å². The second-order valence-corrected chi connectivity index (χ2v) is 8.94. The molecule has 0 radical (unpaired) electrons. The van der Waals surface area contributed by atoms with E-state index in [2.05, 4.69) is 4.98 Å². The Hall–Kier alpha value is -3.40. The Balaban J connectivity index is 0.00000138. The van der Waals surface area contributed by atoms with E-state index in [1.807, 2.05) is 41.5 Å². The molecule has 3 atom stereocenters. The first-order valence-corrected chi connectivity index (χ1v) is 14.9. The van der Waals surface area contributed by atoms with Crippen molar-refractivity contribution in [2.75, 3.05) is 6.61 Å². The molecule has 0 amide bonds. The van der Waals surface area contributed by atoms with Crippen molar-refractivity contribution in [2.45, 2.75) is 79.7 Å². The molecule has 1 saturated heterocycles. The topological polar surface area (TPSA) is 117 Å². The van der Waals surface area contributed by atoms with Gasteiger partial charge in [-0.05, 0) is 55.0 Å². The standard InChI is InChI=1S/C25H22Cl2N2O7.3C2H6/c1-2-14-12-28-25(33)29(22(14)30)21-11-19(36-24(32)16-5-9-18(27)10-6-16)20(35-21)13-34-23(31)15-3-7-17(26)8-4-15;3*1-2/h3-10,12,19-21H,2,11,13H2,1H3,(H,28,33);3*1-2H3. The highest BCUT2D eigenvalue weighted by Gasteiger charge is 2.41. The Morgan fingerprint density at radius 1 is 0.881 bits per heavy atom. The van der Waals surface area contributed by atoms with Gasteiger partial charge in [0, 0.05) is 28.2 Å². The third-order valence-electron chi connectivity index (χ3n) is 5.73. The fraction of sp³-hybridized carbons (Fsp3) is 0.419. The van der Waals surface area contributed by atoms with Crippen molar-refractivity contribution in [1.29, 1.82) is 0 Å². The molecule has 1 aromatic heterocycles. The van der Waals surface area contributed by atoms with Gasteiger partial charge in [-0.3, -0.25) is 4.79 Å². The summed E-state index contributed by atoms with van der Waals surface area (Å²) in [5.41, 5.74) is -0.253. The van der Waals surface area contributed by atoms with Crippen molar-refractivity contribution in [3.63, 3.8) is 0 Å². The molecule has 230 valence electrons. The number of carbonyl (C=O) groups excluding carboxylic acids is 2. The minimum absolute atomic E-state index is 0.00134. The van der Waals surface area contributed by atoms with Crippen molar-refractivity contribution in [2.24, 2.45) is 0 Å². The van der Waals surface area contributed by atoms with E-state index in [1.165, 1.54) is 30.5 Å². The third kappa shape index (κ3) is 9.86. The fourth-order valence-electron chi connectivity index (χ4n) is 3.79. The number of H-pyrrole nitrogens is 1. The minimum Gasteiger partial charge on any atom is -0.459 e. The monoisotopic (exact) mass is 622 g/mol. The van der Waals surface area contributed by atoms with Crippen LogP contribution in [-0.4, -0.2) is 40.3 Å². The number of aryl methyl sites for hydroxylation is 1. The largest absolute Gasteiger partial charge is 0.459 e. The van der Waals surface area contributed by atoms with Gasteiger partial charge in [0.2, 0.25) is 0 Å². The number of hydrogen-bond acceptors (Lipinski definition) is 7. The van der Waals surface area contributed by atoms with Crippen molar-refractivity contribution in [3.8, 4) is 0 Å². The van der Waals surface area contributed by atoms with Gasteiger partial charge in [0.05, 0.1) is 11.1 Å². The Morgan fingerprint density at radius 3 is 1.88 bits per heavy atom. The van der Waals surface area contributed by atoms with Gasteiger partial charge in [0.15, 0.2) is 0 Å². The van der Waals surface area contributed by atoms with E-state index in [4.69, 9.17) is 37.4 Å². The van der Waals surface area contributed by atoms with E-state index in [0.717, 1.165) is 4.57 Å². The van der Waals surface area contributed by atoms with Crippen LogP contribution in [0.1, 0.15) is 87.4 Å². The van der Waals surface area contributed by atoms with Gasteiger partial charge in [0.25, 0.3) is 5.56 Å². The molecule has 2 aromatic carbocycles. The summed E-state index contributed by atoms with van der Waals surface area (Å²) in [6.07, 6.45) is -1.11. The zero-order valence-electron chi connectivity index (χ0n) is 25.1. The molecule has 42 heavy (non-hydrogen) atoms. The number of aromatic nitrogens is 2. The van der Waals surface area contributed by atoms with Crippen molar-refractivity contribution in [3.05, 3.63) is 102 Å². The number of benzene rings is 2. The normalized spacial score (nSPS) is 16.8. The predicted molar refractivity (Wildman–Crippen MR) is 166 cm³/mol. The van der Waals surface area contributed by atoms with E-state index in [-0.39, 0.29) is 24.2 Å². The first-order chi connectivity index (χ1) is 20.3. The molecule has 9 nitrogen and oxygen atoms in total. The molecule has 0 spiro atoms. The van der Waals surface area contributed by atoms with Crippen molar-refractivity contribution >= 4 is 35.1 Å². The van der Waals surface area contributed by atoms with E-state index < -0.39 is 41.6 Å². The number of nitrogens with one attached hydrogen (secondary N) is 1. The molecule has 0 bridgehead atoms. The van der Waals surface area contributed by atoms with Crippen LogP contribution in [0, 0.1) is 0 Å². The molecule has 0 saturated carbocycles. The van der Waals surface area contributed by atoms with Crippen LogP contribution in [0.2, 0.25) is 10.0 Å². The molecule has 3 unspecified atom stereocenters. The quantitative estimate of drug-likeness (QED) is 0.286. The second-order valence-electron chi connectivity index (χ2n) is 8.07. The lowest BCUT2D eigenvalue weighted by atomic mass is 10.1. The summed E-state index contributed by atoms with van der Waals surface area (Å²) in [6, 6.07) is 12.2. The van der Waals surface area contributed by atoms with Crippen LogP contribution in [0.15, 0.2) is 64.3 Å². The lowest BCUT2D eigenvalue weighted by molar-refractivity contribution is -0.0590. The summed E-state index contributed by atoms with van der Waals surface area (Å²) in [4.78, 5) is 53.1. The van der Waals surface area contributed by atoms with Gasteiger partial charge in [-0.1, -0.05) is 71.7 Å². The minimum atomic E-state index is -1.03.